The summed E-state index contributed by atoms with van der Waals surface area (Å²) in [6, 6.07) is 7.90. The highest BCUT2D eigenvalue weighted by molar-refractivity contribution is 6.34. The number of rotatable bonds is 6. The van der Waals surface area contributed by atoms with Crippen LogP contribution < -0.4 is 10.6 Å². The number of nitrogens with one attached hydrogen (secondary N) is 2. The summed E-state index contributed by atoms with van der Waals surface area (Å²) in [6.45, 7) is 0.965. The summed E-state index contributed by atoms with van der Waals surface area (Å²) in [5.41, 5.74) is -4.23. The van der Waals surface area contributed by atoms with Gasteiger partial charge in [-0.1, -0.05) is 35.3 Å². The summed E-state index contributed by atoms with van der Waals surface area (Å²) < 4.78 is 46.8. The third kappa shape index (κ3) is 4.48. The van der Waals surface area contributed by atoms with Crippen LogP contribution in [0.5, 0.6) is 0 Å². The number of amides is 1. The Morgan fingerprint density at radius 3 is 2.39 bits per heavy atom. The van der Waals surface area contributed by atoms with E-state index >= 15 is 0 Å². The number of pyridine rings is 1. The molecule has 0 aliphatic rings. The van der Waals surface area contributed by atoms with E-state index in [1.807, 2.05) is 5.32 Å². The molecule has 1 heterocycles. The van der Waals surface area contributed by atoms with Crippen molar-refractivity contribution in [2.24, 2.45) is 0 Å². The normalized spacial score (nSPS) is 13.4. The zero-order valence-corrected chi connectivity index (χ0v) is 15.8. The van der Waals surface area contributed by atoms with Crippen molar-refractivity contribution >= 4 is 40.8 Å². The van der Waals surface area contributed by atoms with Gasteiger partial charge in [0.25, 0.3) is 5.91 Å². The first kappa shape index (κ1) is 21.8. The van der Waals surface area contributed by atoms with Crippen LogP contribution in [0.15, 0.2) is 42.6 Å². The van der Waals surface area contributed by atoms with Gasteiger partial charge in [-0.05, 0) is 31.2 Å². The summed E-state index contributed by atoms with van der Waals surface area (Å²) in [5.74, 6) is -3.02. The zero-order chi connectivity index (χ0) is 20.9. The minimum Gasteiger partial charge on any atom is -0.463 e. The van der Waals surface area contributed by atoms with E-state index in [4.69, 9.17) is 23.2 Å². The van der Waals surface area contributed by atoms with Crippen molar-refractivity contribution in [1.82, 2.24) is 10.3 Å². The maximum atomic E-state index is 14.1. The van der Waals surface area contributed by atoms with E-state index in [-0.39, 0.29) is 28.0 Å². The van der Waals surface area contributed by atoms with Crippen LogP contribution in [0.25, 0.3) is 0 Å². The SMILES string of the molecule is CCOC(=O)[C@@](NC(=O)c1ccccc1Cl)(Nc1cccnc1Cl)C(F)(F)F. The average Bonchev–Trinajstić information content (AvgIpc) is 2.62. The van der Waals surface area contributed by atoms with Crippen LogP contribution in [0.1, 0.15) is 17.3 Å². The molecule has 0 unspecified atom stereocenters. The van der Waals surface area contributed by atoms with Gasteiger partial charge in [-0.2, -0.15) is 13.2 Å². The van der Waals surface area contributed by atoms with Crippen LogP contribution in [0, 0.1) is 0 Å². The molecule has 150 valence electrons. The third-order valence-electron chi connectivity index (χ3n) is 3.51. The van der Waals surface area contributed by atoms with Gasteiger partial charge in [-0.3, -0.25) is 4.79 Å². The van der Waals surface area contributed by atoms with Gasteiger partial charge in [0.15, 0.2) is 5.15 Å². The van der Waals surface area contributed by atoms with Crippen molar-refractivity contribution in [2.75, 3.05) is 11.9 Å². The Morgan fingerprint density at radius 2 is 1.82 bits per heavy atom. The van der Waals surface area contributed by atoms with Gasteiger partial charge < -0.3 is 15.4 Å². The van der Waals surface area contributed by atoms with Crippen LogP contribution in [0.2, 0.25) is 10.2 Å². The molecule has 0 spiro atoms. The molecule has 11 heteroatoms. The number of hydrogen-bond donors (Lipinski definition) is 2. The van der Waals surface area contributed by atoms with Crippen LogP contribution in [-0.2, 0) is 9.53 Å². The highest BCUT2D eigenvalue weighted by Gasteiger charge is 2.64. The predicted octanol–water partition coefficient (Wildman–Crippen LogP) is 4.05. The van der Waals surface area contributed by atoms with Crippen molar-refractivity contribution in [2.45, 2.75) is 18.8 Å². The second-order valence-electron chi connectivity index (χ2n) is 5.37. The quantitative estimate of drug-likeness (QED) is 0.406. The fourth-order valence-electron chi connectivity index (χ4n) is 2.19. The highest BCUT2D eigenvalue weighted by atomic mass is 35.5. The van der Waals surface area contributed by atoms with Crippen molar-refractivity contribution in [3.8, 4) is 0 Å². The molecule has 0 bridgehead atoms. The predicted molar refractivity (Wildman–Crippen MR) is 97.2 cm³/mol. The minimum atomic E-state index is -5.31. The lowest BCUT2D eigenvalue weighted by Crippen LogP contribution is -2.69. The van der Waals surface area contributed by atoms with Crippen LogP contribution in [0.3, 0.4) is 0 Å². The Morgan fingerprint density at radius 1 is 1.14 bits per heavy atom. The molecule has 1 aromatic carbocycles. The number of carbonyl (C=O) groups is 2. The lowest BCUT2D eigenvalue weighted by molar-refractivity contribution is -0.204. The number of aromatic nitrogens is 1. The van der Waals surface area contributed by atoms with E-state index in [2.05, 4.69) is 9.72 Å². The topological polar surface area (TPSA) is 80.3 Å². The molecule has 1 amide bonds. The van der Waals surface area contributed by atoms with Crippen molar-refractivity contribution in [3.05, 3.63) is 58.3 Å². The number of anilines is 1. The third-order valence-corrected chi connectivity index (χ3v) is 4.14. The summed E-state index contributed by atoms with van der Waals surface area (Å²) in [7, 11) is 0. The largest absolute Gasteiger partial charge is 0.463 e. The standard InChI is InChI=1S/C17H14Cl2F3N3O3/c1-2-28-15(27)16(17(20,21)22,24-12-8-5-9-23-13(12)19)25-14(26)10-6-3-4-7-11(10)18/h3-9,24H,2H2,1H3,(H,25,26)/t16-/m0/s1. The summed E-state index contributed by atoms with van der Waals surface area (Å²) in [5, 5.41) is 3.17. The van der Waals surface area contributed by atoms with Crippen LogP contribution >= 0.6 is 23.2 Å². The maximum absolute atomic E-state index is 14.1. The molecular weight excluding hydrogens is 422 g/mol. The van der Waals surface area contributed by atoms with E-state index in [9.17, 15) is 22.8 Å². The van der Waals surface area contributed by atoms with Crippen LogP contribution in [0.4, 0.5) is 18.9 Å². The number of esters is 1. The van der Waals surface area contributed by atoms with E-state index in [0.29, 0.717) is 0 Å². The number of nitrogens with zero attached hydrogens (tertiary/aromatic N) is 1. The highest BCUT2D eigenvalue weighted by Crippen LogP contribution is 2.35. The average molecular weight is 436 g/mol. The number of benzene rings is 1. The maximum Gasteiger partial charge on any atom is 0.441 e. The van der Waals surface area contributed by atoms with E-state index in [1.165, 1.54) is 43.5 Å². The zero-order valence-electron chi connectivity index (χ0n) is 14.3. The molecule has 0 fully saturated rings. The molecule has 6 nitrogen and oxygen atoms in total. The Kier molecular flexibility index (Phi) is 6.73. The fourth-order valence-corrected chi connectivity index (χ4v) is 2.58. The molecule has 2 aromatic rings. The summed E-state index contributed by atoms with van der Waals surface area (Å²) >= 11 is 11.7. The number of carbonyl (C=O) groups excluding carboxylic acids is 2. The first-order chi connectivity index (χ1) is 13.1. The van der Waals surface area contributed by atoms with E-state index in [1.54, 1.807) is 5.32 Å². The minimum absolute atomic E-state index is 0.0978. The molecule has 1 atom stereocenters. The van der Waals surface area contributed by atoms with Crippen molar-refractivity contribution < 1.29 is 27.5 Å². The smallest absolute Gasteiger partial charge is 0.441 e. The summed E-state index contributed by atoms with van der Waals surface area (Å²) in [6.07, 6.45) is -4.06. The Bertz CT molecular complexity index is 880. The lowest BCUT2D eigenvalue weighted by Gasteiger charge is -2.35. The van der Waals surface area contributed by atoms with Gasteiger partial charge >= 0.3 is 17.8 Å². The van der Waals surface area contributed by atoms with Gasteiger partial charge in [-0.15, -0.1) is 0 Å². The summed E-state index contributed by atoms with van der Waals surface area (Å²) in [4.78, 5) is 28.5. The molecule has 1 aromatic heterocycles. The second kappa shape index (κ2) is 8.66. The first-order valence-electron chi connectivity index (χ1n) is 7.82. The number of halogens is 5. The number of ether oxygens (including phenoxy) is 1. The van der Waals surface area contributed by atoms with Gasteiger partial charge in [-0.25, -0.2) is 9.78 Å². The fraction of sp³-hybridized carbons (Fsp3) is 0.235. The molecule has 0 aliphatic heterocycles. The Hall–Kier alpha value is -2.52. The van der Waals surface area contributed by atoms with Gasteiger partial charge in [0, 0.05) is 6.20 Å². The monoisotopic (exact) mass is 435 g/mol. The van der Waals surface area contributed by atoms with Crippen molar-refractivity contribution in [1.29, 1.82) is 0 Å². The molecule has 0 radical (unpaired) electrons. The Balaban J connectivity index is 2.56. The molecule has 0 saturated carbocycles. The molecule has 2 rings (SSSR count). The molecule has 0 saturated heterocycles. The molecule has 28 heavy (non-hydrogen) atoms. The lowest BCUT2D eigenvalue weighted by atomic mass is 10.1. The van der Waals surface area contributed by atoms with Crippen LogP contribution in [-0.4, -0.2) is 35.3 Å². The van der Waals surface area contributed by atoms with E-state index < -0.39 is 23.7 Å². The number of hydrogen-bond acceptors (Lipinski definition) is 5. The van der Waals surface area contributed by atoms with Gasteiger partial charge in [0.2, 0.25) is 0 Å². The van der Waals surface area contributed by atoms with Crippen molar-refractivity contribution in [3.63, 3.8) is 0 Å². The molecular formula is C17H14Cl2F3N3O3. The first-order valence-corrected chi connectivity index (χ1v) is 8.57. The second-order valence-corrected chi connectivity index (χ2v) is 6.13. The van der Waals surface area contributed by atoms with E-state index in [0.717, 1.165) is 6.07 Å². The molecule has 2 N–H and O–H groups in total. The van der Waals surface area contributed by atoms with Gasteiger partial charge in [0.1, 0.15) is 0 Å². The van der Waals surface area contributed by atoms with Gasteiger partial charge in [0.05, 0.1) is 22.9 Å². The number of alkyl halides is 3. The molecule has 0 aliphatic carbocycles. The Labute approximate surface area is 168 Å².